The highest BCUT2D eigenvalue weighted by atomic mass is 16.5. The Bertz CT molecular complexity index is 1430. The van der Waals surface area contributed by atoms with Gasteiger partial charge in [0.1, 0.15) is 5.75 Å². The van der Waals surface area contributed by atoms with Crippen molar-refractivity contribution >= 4 is 29.2 Å². The van der Waals surface area contributed by atoms with Gasteiger partial charge >= 0.3 is 5.97 Å². The topological polar surface area (TPSA) is 105 Å². The number of anilines is 2. The van der Waals surface area contributed by atoms with Gasteiger partial charge in [-0.3, -0.25) is 9.59 Å². The minimum atomic E-state index is -0.464. The first-order valence-corrected chi connectivity index (χ1v) is 12.3. The van der Waals surface area contributed by atoms with Crippen LogP contribution in [0.15, 0.2) is 97.1 Å². The van der Waals surface area contributed by atoms with Gasteiger partial charge in [0.25, 0.3) is 11.8 Å². The summed E-state index contributed by atoms with van der Waals surface area (Å²) < 4.78 is 5.22. The zero-order valence-corrected chi connectivity index (χ0v) is 20.9. The van der Waals surface area contributed by atoms with E-state index < -0.39 is 5.97 Å². The summed E-state index contributed by atoms with van der Waals surface area (Å²) in [7, 11) is 0. The summed E-state index contributed by atoms with van der Waals surface area (Å²) in [4.78, 5) is 37.8. The number of carbonyl (C=O) groups excluding carboxylic acids is 3. The highest BCUT2D eigenvalue weighted by Crippen LogP contribution is 2.23. The van der Waals surface area contributed by atoms with Crippen LogP contribution in [-0.2, 0) is 4.74 Å². The molecule has 7 nitrogen and oxygen atoms in total. The number of rotatable bonds is 9. The van der Waals surface area contributed by atoms with Crippen LogP contribution >= 0.6 is 0 Å². The molecule has 0 spiro atoms. The third-order valence-electron chi connectivity index (χ3n) is 5.82. The number of phenols is 1. The lowest BCUT2D eigenvalue weighted by Crippen LogP contribution is -2.15. The molecule has 0 saturated carbocycles. The zero-order chi connectivity index (χ0) is 26.9. The van der Waals surface area contributed by atoms with E-state index >= 15 is 0 Å². The van der Waals surface area contributed by atoms with Crippen LogP contribution in [0, 0.1) is 0 Å². The second-order valence-electron chi connectivity index (χ2n) is 8.68. The molecule has 0 aromatic heterocycles. The van der Waals surface area contributed by atoms with Crippen LogP contribution in [0.25, 0.3) is 11.1 Å². The average molecular weight is 509 g/mol. The second-order valence-corrected chi connectivity index (χ2v) is 8.68. The lowest BCUT2D eigenvalue weighted by atomic mass is 10.0. The van der Waals surface area contributed by atoms with E-state index in [-0.39, 0.29) is 17.6 Å². The number of hydrogen-bond donors (Lipinski definition) is 3. The van der Waals surface area contributed by atoms with Gasteiger partial charge in [-0.05, 0) is 78.2 Å². The Kier molecular flexibility index (Phi) is 8.51. The zero-order valence-electron chi connectivity index (χ0n) is 20.9. The van der Waals surface area contributed by atoms with Gasteiger partial charge in [-0.25, -0.2) is 4.79 Å². The number of aromatic hydroxyl groups is 1. The molecule has 38 heavy (non-hydrogen) atoms. The first kappa shape index (κ1) is 26.2. The first-order chi connectivity index (χ1) is 18.4. The monoisotopic (exact) mass is 508 g/mol. The Labute approximate surface area is 221 Å². The van der Waals surface area contributed by atoms with Crippen LogP contribution in [0.3, 0.4) is 0 Å². The third-order valence-corrected chi connectivity index (χ3v) is 5.82. The number of benzene rings is 4. The molecule has 0 aliphatic carbocycles. The number of nitrogens with one attached hydrogen (secondary N) is 2. The Morgan fingerprint density at radius 3 is 1.87 bits per heavy atom. The van der Waals surface area contributed by atoms with Crippen molar-refractivity contribution in [1.82, 2.24) is 0 Å². The van der Waals surface area contributed by atoms with E-state index in [0.29, 0.717) is 34.7 Å². The molecule has 7 heteroatoms. The van der Waals surface area contributed by atoms with Crippen molar-refractivity contribution in [1.29, 1.82) is 0 Å². The normalized spacial score (nSPS) is 10.4. The van der Waals surface area contributed by atoms with E-state index in [4.69, 9.17) is 4.74 Å². The third kappa shape index (κ3) is 6.85. The molecule has 0 unspecified atom stereocenters. The molecule has 0 atom stereocenters. The van der Waals surface area contributed by atoms with Crippen LogP contribution in [0.4, 0.5) is 11.4 Å². The predicted octanol–water partition coefficient (Wildman–Crippen LogP) is 6.52. The molecular weight excluding hydrogens is 480 g/mol. The fourth-order valence-electron chi connectivity index (χ4n) is 3.73. The van der Waals surface area contributed by atoms with Crippen LogP contribution in [0.1, 0.15) is 50.8 Å². The maximum absolute atomic E-state index is 12.8. The molecule has 3 N–H and O–H groups in total. The molecule has 192 valence electrons. The number of hydrogen-bond acceptors (Lipinski definition) is 5. The number of phenolic OH excluding ortho intramolecular Hbond substituents is 1. The summed E-state index contributed by atoms with van der Waals surface area (Å²) in [6.45, 7) is 2.35. The predicted molar refractivity (Wildman–Crippen MR) is 148 cm³/mol. The van der Waals surface area contributed by atoms with Crippen molar-refractivity contribution in [2.75, 3.05) is 17.2 Å². The van der Waals surface area contributed by atoms with Gasteiger partial charge in [0.2, 0.25) is 0 Å². The minimum absolute atomic E-state index is 0.194. The van der Waals surface area contributed by atoms with E-state index in [1.165, 1.54) is 6.07 Å². The smallest absolute Gasteiger partial charge is 0.338 e. The fourth-order valence-corrected chi connectivity index (χ4v) is 3.73. The molecule has 4 rings (SSSR count). The van der Waals surface area contributed by atoms with E-state index in [9.17, 15) is 19.5 Å². The Morgan fingerprint density at radius 2 is 1.24 bits per heavy atom. The van der Waals surface area contributed by atoms with Gasteiger partial charge < -0.3 is 20.5 Å². The molecule has 4 aromatic carbocycles. The van der Waals surface area contributed by atoms with Gasteiger partial charge in [0.15, 0.2) is 0 Å². The van der Waals surface area contributed by atoms with E-state index in [1.807, 2.05) is 19.1 Å². The molecule has 0 heterocycles. The summed E-state index contributed by atoms with van der Waals surface area (Å²) in [5.74, 6) is -0.949. The maximum Gasteiger partial charge on any atom is 0.338 e. The Balaban J connectivity index is 1.39. The molecule has 0 aliphatic rings. The molecule has 2 amide bonds. The lowest BCUT2D eigenvalue weighted by Gasteiger charge is -2.10. The molecule has 0 fully saturated rings. The average Bonchev–Trinajstić information content (AvgIpc) is 2.94. The van der Waals surface area contributed by atoms with Gasteiger partial charge in [-0.2, -0.15) is 0 Å². The highest BCUT2D eigenvalue weighted by molar-refractivity contribution is 6.07. The van der Waals surface area contributed by atoms with E-state index in [2.05, 4.69) is 10.6 Å². The summed E-state index contributed by atoms with van der Waals surface area (Å²) in [6, 6.07) is 27.1. The van der Waals surface area contributed by atoms with Gasteiger partial charge in [-0.15, -0.1) is 0 Å². The summed E-state index contributed by atoms with van der Waals surface area (Å²) in [5.41, 5.74) is 3.96. The number of unbranched alkanes of at least 4 members (excludes halogenated alkanes) is 1. The quantitative estimate of drug-likeness (QED) is 0.176. The van der Waals surface area contributed by atoms with Gasteiger partial charge in [0.05, 0.1) is 12.2 Å². The first-order valence-electron chi connectivity index (χ1n) is 12.3. The van der Waals surface area contributed by atoms with Crippen molar-refractivity contribution in [3.8, 4) is 16.9 Å². The fraction of sp³-hybridized carbons (Fsp3) is 0.129. The molecule has 0 aliphatic heterocycles. The van der Waals surface area contributed by atoms with Crippen LogP contribution in [0.5, 0.6) is 5.75 Å². The van der Waals surface area contributed by atoms with Crippen molar-refractivity contribution < 1.29 is 24.2 Å². The van der Waals surface area contributed by atoms with Crippen molar-refractivity contribution in [3.05, 3.63) is 114 Å². The number of carbonyl (C=O) groups is 3. The standard InChI is InChI=1S/C31H28N2O5/c1-2-3-18-38-31(37)25-7-4-6-24(19-25)30(36)33-27-9-5-8-26(20-27)32-29(35)23-12-10-21(11-13-23)22-14-16-28(34)17-15-22/h4-17,19-20,34H,2-3,18H2,1H3,(H,32,35)(H,33,36). The molecule has 0 saturated heterocycles. The van der Waals surface area contributed by atoms with E-state index in [1.54, 1.807) is 78.9 Å². The molecule has 4 aromatic rings. The largest absolute Gasteiger partial charge is 0.508 e. The van der Waals surface area contributed by atoms with Crippen LogP contribution in [-0.4, -0.2) is 29.5 Å². The number of amides is 2. The highest BCUT2D eigenvalue weighted by Gasteiger charge is 2.13. The van der Waals surface area contributed by atoms with Crippen molar-refractivity contribution in [3.63, 3.8) is 0 Å². The maximum atomic E-state index is 12.8. The number of esters is 1. The SMILES string of the molecule is CCCCOC(=O)c1cccc(C(=O)Nc2cccc(NC(=O)c3ccc(-c4ccc(O)cc4)cc3)c2)c1. The summed E-state index contributed by atoms with van der Waals surface area (Å²) in [5, 5.41) is 15.1. The number of ether oxygens (including phenoxy) is 1. The van der Waals surface area contributed by atoms with Crippen LogP contribution in [0.2, 0.25) is 0 Å². The molecule has 0 radical (unpaired) electrons. The molecular formula is C31H28N2O5. The van der Waals surface area contributed by atoms with Gasteiger partial charge in [-0.1, -0.05) is 49.7 Å². The Hall–Kier alpha value is -4.91. The van der Waals surface area contributed by atoms with Crippen molar-refractivity contribution in [2.24, 2.45) is 0 Å². The Morgan fingerprint density at radius 1 is 0.684 bits per heavy atom. The van der Waals surface area contributed by atoms with Gasteiger partial charge in [0, 0.05) is 22.5 Å². The molecule has 0 bridgehead atoms. The lowest BCUT2D eigenvalue weighted by molar-refractivity contribution is 0.0499. The summed E-state index contributed by atoms with van der Waals surface area (Å²) >= 11 is 0. The van der Waals surface area contributed by atoms with Crippen LogP contribution < -0.4 is 10.6 Å². The van der Waals surface area contributed by atoms with Crippen molar-refractivity contribution in [2.45, 2.75) is 19.8 Å². The second kappa shape index (κ2) is 12.4. The minimum Gasteiger partial charge on any atom is -0.508 e. The van der Waals surface area contributed by atoms with E-state index in [0.717, 1.165) is 24.0 Å². The summed E-state index contributed by atoms with van der Waals surface area (Å²) in [6.07, 6.45) is 1.70.